The van der Waals surface area contributed by atoms with Gasteiger partial charge in [-0.2, -0.15) is 0 Å². The number of nitrogens with zero attached hydrogens (tertiary/aromatic N) is 3. The second-order valence-electron chi connectivity index (χ2n) is 11.1. The predicted octanol–water partition coefficient (Wildman–Crippen LogP) is 2.54. The number of amides is 3. The average Bonchev–Trinajstić information content (AvgIpc) is 3.30. The van der Waals surface area contributed by atoms with Gasteiger partial charge in [-0.05, 0) is 17.5 Å². The topological polar surface area (TPSA) is 90.4 Å². The molecule has 208 valence electrons. The van der Waals surface area contributed by atoms with Crippen LogP contribution in [-0.4, -0.2) is 81.0 Å². The van der Waals surface area contributed by atoms with Crippen molar-refractivity contribution in [3.63, 3.8) is 0 Å². The van der Waals surface area contributed by atoms with Crippen LogP contribution in [-0.2, 0) is 32.2 Å². The average molecular weight is 542 g/mol. The van der Waals surface area contributed by atoms with Crippen LogP contribution in [0.5, 0.6) is 0 Å². The van der Waals surface area contributed by atoms with Gasteiger partial charge in [-0.15, -0.1) is 0 Å². The molecule has 1 N–H and O–H groups in total. The Morgan fingerprint density at radius 2 is 1.48 bits per heavy atom. The van der Waals surface area contributed by atoms with Gasteiger partial charge in [0.15, 0.2) is 0 Å². The van der Waals surface area contributed by atoms with E-state index < -0.39 is 35.6 Å². The highest BCUT2D eigenvalue weighted by Gasteiger charge is 2.72. The second-order valence-corrected chi connectivity index (χ2v) is 11.1. The quantitative estimate of drug-likeness (QED) is 0.545. The first-order valence-electron chi connectivity index (χ1n) is 14.1. The van der Waals surface area contributed by atoms with E-state index in [9.17, 15) is 19.5 Å². The van der Waals surface area contributed by atoms with Crippen molar-refractivity contribution in [1.29, 1.82) is 0 Å². The smallest absolute Gasteiger partial charge is 0.249 e. The molecule has 2 aromatic carbocycles. The normalized spacial score (nSPS) is 30.1. The van der Waals surface area contributed by atoms with Crippen molar-refractivity contribution in [2.24, 2.45) is 11.8 Å². The fraction of sp³-hybridized carbons (Fsp3) is 0.406. The van der Waals surface area contributed by atoms with Gasteiger partial charge in [0.05, 0.1) is 30.6 Å². The van der Waals surface area contributed by atoms with E-state index >= 15 is 0 Å². The molecular weight excluding hydrogens is 506 g/mol. The number of fused-ring (bicyclic) bond motifs is 2. The fourth-order valence-electron chi connectivity index (χ4n) is 6.87. The van der Waals surface area contributed by atoms with Gasteiger partial charge in [-0.25, -0.2) is 0 Å². The molecule has 1 spiro atoms. The van der Waals surface area contributed by atoms with Gasteiger partial charge in [-0.3, -0.25) is 14.4 Å². The van der Waals surface area contributed by atoms with E-state index in [0.29, 0.717) is 32.6 Å². The molecule has 2 saturated heterocycles. The largest absolute Gasteiger partial charge is 0.394 e. The molecule has 3 amide bonds. The van der Waals surface area contributed by atoms with Crippen molar-refractivity contribution < 1.29 is 24.2 Å². The summed E-state index contributed by atoms with van der Waals surface area (Å²) in [6, 6.07) is 18.0. The first-order chi connectivity index (χ1) is 19.5. The maximum atomic E-state index is 14.3. The van der Waals surface area contributed by atoms with Gasteiger partial charge < -0.3 is 24.5 Å². The molecule has 0 saturated carbocycles. The summed E-state index contributed by atoms with van der Waals surface area (Å²) >= 11 is 0. The molecule has 4 aliphatic rings. The Kier molecular flexibility index (Phi) is 7.06. The standard InChI is InChI=1S/C32H35N3O5/c1-2-24(21-36)35-28-31(39)34(20-23-13-7-4-8-14-23)18-10-16-32(28)27(30(35)38)26-25(40-32)15-9-17-33(29(26)37)19-22-11-5-3-6-12-22/h3-16,24-28,36H,2,17-21H2,1H3/t24-,25-,26+,27-,28?,32-/m0/s1. The number of hydrogen-bond donors (Lipinski definition) is 1. The SMILES string of the molecule is CC[C@@H](CO)N1C(=O)[C@@H]2[C@@H]3C(=O)N(Cc4ccccc4)CC=C[C@@H]3O[C@@]23C=CCN(Cc2ccccc2)C(=O)C13. The summed E-state index contributed by atoms with van der Waals surface area (Å²) in [4.78, 5) is 47.8. The van der Waals surface area contributed by atoms with Crippen molar-refractivity contribution in [3.05, 3.63) is 96.1 Å². The van der Waals surface area contributed by atoms with Crippen molar-refractivity contribution in [1.82, 2.24) is 14.7 Å². The summed E-state index contributed by atoms with van der Waals surface area (Å²) in [7, 11) is 0. The second kappa shape index (κ2) is 10.7. The molecule has 6 rings (SSSR count). The number of aliphatic hydroxyl groups excluding tert-OH is 1. The van der Waals surface area contributed by atoms with Crippen molar-refractivity contribution in [2.45, 2.75) is 50.2 Å². The minimum absolute atomic E-state index is 0.155. The number of benzene rings is 2. The Morgan fingerprint density at radius 3 is 2.08 bits per heavy atom. The number of carbonyl (C=O) groups excluding carboxylic acids is 3. The minimum Gasteiger partial charge on any atom is -0.394 e. The van der Waals surface area contributed by atoms with E-state index in [1.807, 2.05) is 91.9 Å². The zero-order valence-electron chi connectivity index (χ0n) is 22.6. The molecule has 0 aliphatic carbocycles. The molecule has 40 heavy (non-hydrogen) atoms. The molecule has 0 radical (unpaired) electrons. The first kappa shape index (κ1) is 26.5. The molecular formula is C32H35N3O5. The first-order valence-corrected chi connectivity index (χ1v) is 14.1. The van der Waals surface area contributed by atoms with Crippen molar-refractivity contribution in [2.75, 3.05) is 19.7 Å². The lowest BCUT2D eigenvalue weighted by Gasteiger charge is -2.38. The highest BCUT2D eigenvalue weighted by Crippen LogP contribution is 2.54. The van der Waals surface area contributed by atoms with E-state index in [0.717, 1.165) is 11.1 Å². The van der Waals surface area contributed by atoms with Crippen molar-refractivity contribution in [3.8, 4) is 0 Å². The lowest BCUT2D eigenvalue weighted by atomic mass is 9.77. The van der Waals surface area contributed by atoms with E-state index in [-0.39, 0.29) is 24.3 Å². The number of rotatable bonds is 7. The summed E-state index contributed by atoms with van der Waals surface area (Å²) in [6.07, 6.45) is 7.39. The zero-order valence-corrected chi connectivity index (χ0v) is 22.6. The van der Waals surface area contributed by atoms with Gasteiger partial charge in [0.25, 0.3) is 0 Å². The molecule has 0 bridgehead atoms. The van der Waals surface area contributed by atoms with Crippen LogP contribution in [0, 0.1) is 11.8 Å². The molecule has 4 aliphatic heterocycles. The lowest BCUT2D eigenvalue weighted by Crippen LogP contribution is -2.57. The number of hydrogen-bond acceptors (Lipinski definition) is 5. The predicted molar refractivity (Wildman–Crippen MR) is 148 cm³/mol. The zero-order chi connectivity index (χ0) is 27.9. The van der Waals surface area contributed by atoms with Gasteiger partial charge in [0.1, 0.15) is 11.6 Å². The maximum Gasteiger partial charge on any atom is 0.249 e. The fourth-order valence-corrected chi connectivity index (χ4v) is 6.87. The highest BCUT2D eigenvalue weighted by molar-refractivity contribution is 6.00. The summed E-state index contributed by atoms with van der Waals surface area (Å²) < 4.78 is 6.71. The van der Waals surface area contributed by atoms with Crippen LogP contribution >= 0.6 is 0 Å². The number of carbonyl (C=O) groups is 3. The van der Waals surface area contributed by atoms with Gasteiger partial charge in [-0.1, -0.05) is 91.9 Å². The molecule has 8 heteroatoms. The maximum absolute atomic E-state index is 14.3. The van der Waals surface area contributed by atoms with E-state index in [1.165, 1.54) is 4.90 Å². The van der Waals surface area contributed by atoms with Gasteiger partial charge in [0.2, 0.25) is 17.7 Å². The molecule has 0 aromatic heterocycles. The summed E-state index contributed by atoms with van der Waals surface area (Å²) in [5.41, 5.74) is 0.683. The minimum atomic E-state index is -1.30. The Hall–Kier alpha value is -3.75. The lowest BCUT2D eigenvalue weighted by molar-refractivity contribution is -0.151. The summed E-state index contributed by atoms with van der Waals surface area (Å²) in [5, 5.41) is 10.3. The molecule has 2 fully saturated rings. The van der Waals surface area contributed by atoms with E-state index in [2.05, 4.69) is 0 Å². The molecule has 4 heterocycles. The van der Waals surface area contributed by atoms with Crippen LogP contribution in [0.2, 0.25) is 0 Å². The van der Waals surface area contributed by atoms with Crippen LogP contribution in [0.15, 0.2) is 85.0 Å². The summed E-state index contributed by atoms with van der Waals surface area (Å²) in [6.45, 7) is 3.19. The van der Waals surface area contributed by atoms with Crippen LogP contribution < -0.4 is 0 Å². The van der Waals surface area contributed by atoms with Crippen LogP contribution in [0.25, 0.3) is 0 Å². The molecule has 6 atom stereocenters. The van der Waals surface area contributed by atoms with Crippen LogP contribution in [0.1, 0.15) is 24.5 Å². The van der Waals surface area contributed by atoms with Crippen LogP contribution in [0.4, 0.5) is 0 Å². The highest BCUT2D eigenvalue weighted by atomic mass is 16.5. The number of ether oxygens (including phenoxy) is 1. The van der Waals surface area contributed by atoms with E-state index in [4.69, 9.17) is 4.74 Å². The monoisotopic (exact) mass is 541 g/mol. The number of likely N-dealkylation sites (tertiary alicyclic amines) is 1. The third kappa shape index (κ3) is 4.26. The van der Waals surface area contributed by atoms with E-state index in [1.54, 1.807) is 9.80 Å². The third-order valence-corrected chi connectivity index (χ3v) is 8.77. The third-order valence-electron chi connectivity index (χ3n) is 8.77. The van der Waals surface area contributed by atoms with Gasteiger partial charge in [0, 0.05) is 26.2 Å². The Labute approximate surface area is 234 Å². The Morgan fingerprint density at radius 1 is 0.875 bits per heavy atom. The van der Waals surface area contributed by atoms with Gasteiger partial charge >= 0.3 is 0 Å². The Bertz CT molecular complexity index is 1320. The molecule has 8 nitrogen and oxygen atoms in total. The Balaban J connectivity index is 1.39. The molecule has 2 aromatic rings. The molecule has 1 unspecified atom stereocenters. The van der Waals surface area contributed by atoms with Crippen LogP contribution in [0.3, 0.4) is 0 Å². The van der Waals surface area contributed by atoms with Crippen molar-refractivity contribution >= 4 is 17.7 Å². The summed E-state index contributed by atoms with van der Waals surface area (Å²) in [5.74, 6) is -2.32. The number of aliphatic hydroxyl groups is 1.